The van der Waals surface area contributed by atoms with E-state index in [-0.39, 0.29) is 11.9 Å². The maximum Gasteiger partial charge on any atom is 0.249 e. The number of aliphatic hydroxyl groups excluding tert-OH is 1. The van der Waals surface area contributed by atoms with Crippen LogP contribution in [0.3, 0.4) is 0 Å². The number of nitrogens with two attached hydrogens (primary N) is 1. The van der Waals surface area contributed by atoms with Gasteiger partial charge in [0.05, 0.1) is 34.1 Å². The smallest absolute Gasteiger partial charge is 0.249 e. The average molecular weight is 589 g/mol. The molecule has 4 aromatic heterocycles. The predicted octanol–water partition coefficient (Wildman–Crippen LogP) is 2.67. The van der Waals surface area contributed by atoms with Gasteiger partial charge in [0.25, 0.3) is 0 Å². The van der Waals surface area contributed by atoms with Gasteiger partial charge < -0.3 is 25.5 Å². The molecule has 0 aliphatic carbocycles. The first kappa shape index (κ1) is 28.3. The summed E-state index contributed by atoms with van der Waals surface area (Å²) in [6.45, 7) is 9.42. The number of amides is 2. The zero-order valence-corrected chi connectivity index (χ0v) is 24.9. The van der Waals surface area contributed by atoms with Crippen molar-refractivity contribution in [1.29, 1.82) is 0 Å². The van der Waals surface area contributed by atoms with Gasteiger partial charge in [0, 0.05) is 43.0 Å². The van der Waals surface area contributed by atoms with Gasteiger partial charge in [-0.2, -0.15) is 5.10 Å². The van der Waals surface area contributed by atoms with Crippen molar-refractivity contribution in [3.8, 4) is 21.8 Å². The van der Waals surface area contributed by atoms with Crippen molar-refractivity contribution in [2.45, 2.75) is 51.8 Å². The van der Waals surface area contributed by atoms with Crippen LogP contribution in [0.25, 0.3) is 27.5 Å². The monoisotopic (exact) mass is 588 g/mol. The maximum atomic E-state index is 13.4. The number of rotatable bonds is 10. The number of β-amino-alcohol motifs (C(OH)–C–C–N with tert-alkyl or cyclic N) is 1. The lowest BCUT2D eigenvalue weighted by molar-refractivity contribution is -0.144. The van der Waals surface area contributed by atoms with Crippen LogP contribution in [-0.2, 0) is 11.2 Å². The van der Waals surface area contributed by atoms with E-state index >= 15 is 0 Å². The molecule has 4 aromatic rings. The third-order valence-electron chi connectivity index (χ3n) is 8.47. The fourth-order valence-electron chi connectivity index (χ4n) is 5.98. The summed E-state index contributed by atoms with van der Waals surface area (Å²) in [4.78, 5) is 43.4. The van der Waals surface area contributed by atoms with E-state index in [0.29, 0.717) is 60.8 Å². The molecule has 0 spiro atoms. The highest BCUT2D eigenvalue weighted by atomic mass is 32.1. The number of thiophene rings is 1. The number of aromatic nitrogens is 4. The van der Waals surface area contributed by atoms with Crippen LogP contribution in [0.2, 0.25) is 0 Å². The molecule has 0 radical (unpaired) electrons. The Bertz CT molecular complexity index is 1610. The van der Waals surface area contributed by atoms with E-state index in [2.05, 4.69) is 30.8 Å². The number of hydrogen-bond donors (Lipinski definition) is 2. The van der Waals surface area contributed by atoms with Crippen LogP contribution in [0.1, 0.15) is 43.1 Å². The Hall–Kier alpha value is -3.87. The fraction of sp³-hybridized carbons (Fsp3) is 0.433. The van der Waals surface area contributed by atoms with Crippen molar-refractivity contribution < 1.29 is 14.7 Å². The molecule has 11 nitrogen and oxygen atoms in total. The first-order chi connectivity index (χ1) is 20.3. The number of pyridine rings is 1. The van der Waals surface area contributed by atoms with E-state index in [1.54, 1.807) is 33.0 Å². The zero-order chi connectivity index (χ0) is 29.5. The number of carbonyl (C=O) groups is 2. The predicted molar refractivity (Wildman–Crippen MR) is 162 cm³/mol. The summed E-state index contributed by atoms with van der Waals surface area (Å²) in [5.74, 6) is 0.0275. The van der Waals surface area contributed by atoms with Crippen LogP contribution in [0.15, 0.2) is 42.0 Å². The quantitative estimate of drug-likeness (QED) is 0.289. The number of primary amides is 1. The second-order valence-electron chi connectivity index (χ2n) is 11.0. The second-order valence-corrected chi connectivity index (χ2v) is 12.0. The molecule has 6 rings (SSSR count). The van der Waals surface area contributed by atoms with E-state index in [1.165, 1.54) is 0 Å². The maximum absolute atomic E-state index is 13.4. The van der Waals surface area contributed by atoms with Gasteiger partial charge in [0.15, 0.2) is 5.65 Å². The van der Waals surface area contributed by atoms with Crippen LogP contribution in [0.5, 0.6) is 0 Å². The van der Waals surface area contributed by atoms with Gasteiger partial charge in [-0.1, -0.05) is 19.9 Å². The number of fused-ring (bicyclic) bond motifs is 1. The summed E-state index contributed by atoms with van der Waals surface area (Å²) in [6, 6.07) is 7.39. The largest absolute Gasteiger partial charge is 0.389 e. The first-order valence-electron chi connectivity index (χ1n) is 14.5. The van der Waals surface area contributed by atoms with Crippen molar-refractivity contribution in [2.75, 3.05) is 37.6 Å². The van der Waals surface area contributed by atoms with E-state index in [4.69, 9.17) is 15.7 Å². The molecule has 2 atom stereocenters. The summed E-state index contributed by atoms with van der Waals surface area (Å²) >= 11 is 1.61. The van der Waals surface area contributed by atoms with Crippen molar-refractivity contribution >= 4 is 34.6 Å². The highest BCUT2D eigenvalue weighted by molar-refractivity contribution is 7.13. The molecule has 2 aliphatic heterocycles. The summed E-state index contributed by atoms with van der Waals surface area (Å²) in [7, 11) is 0. The van der Waals surface area contributed by atoms with Gasteiger partial charge in [0.2, 0.25) is 11.8 Å². The zero-order valence-electron chi connectivity index (χ0n) is 24.1. The number of likely N-dealkylation sites (N-methyl/N-ethyl adjacent to an activating group) is 1. The molecule has 2 amide bonds. The number of anilines is 1. The highest BCUT2D eigenvalue weighted by Crippen LogP contribution is 2.36. The van der Waals surface area contributed by atoms with Crippen LogP contribution < -0.4 is 10.6 Å². The third-order valence-corrected chi connectivity index (χ3v) is 9.36. The van der Waals surface area contributed by atoms with E-state index in [9.17, 15) is 14.7 Å². The molecule has 3 N–H and O–H groups in total. The summed E-state index contributed by atoms with van der Waals surface area (Å²) in [5, 5.41) is 16.3. The van der Waals surface area contributed by atoms with E-state index in [0.717, 1.165) is 29.2 Å². The Morgan fingerprint density at radius 2 is 1.98 bits per heavy atom. The van der Waals surface area contributed by atoms with Gasteiger partial charge in [0.1, 0.15) is 11.9 Å². The second kappa shape index (κ2) is 11.4. The third kappa shape index (κ3) is 5.03. The SMILES string of the molecule is CCN(CC)[C@@H](C)Cc1c(C(N)=O)cc(-c2cnn3ccc(-c4cccs4)nc23)nc1N1CC[C@H]1C(=O)N1CC(O)C1. The number of nitrogens with zero attached hydrogens (tertiary/aromatic N) is 7. The lowest BCUT2D eigenvalue weighted by Crippen LogP contribution is -2.63. The minimum absolute atomic E-state index is 0.0274. The Morgan fingerprint density at radius 1 is 1.19 bits per heavy atom. The topological polar surface area (TPSA) is 133 Å². The Kier molecular flexibility index (Phi) is 7.69. The molecule has 6 heterocycles. The Morgan fingerprint density at radius 3 is 2.60 bits per heavy atom. The summed E-state index contributed by atoms with van der Waals surface area (Å²) in [6.07, 6.45) is 4.32. The van der Waals surface area contributed by atoms with Gasteiger partial charge in [-0.25, -0.2) is 14.5 Å². The van der Waals surface area contributed by atoms with Crippen LogP contribution in [-0.4, -0.2) is 97.2 Å². The Labute approximate surface area is 248 Å². The molecule has 42 heavy (non-hydrogen) atoms. The van der Waals surface area contributed by atoms with Crippen molar-refractivity contribution in [1.82, 2.24) is 29.4 Å². The van der Waals surface area contributed by atoms with Crippen molar-refractivity contribution in [3.63, 3.8) is 0 Å². The average Bonchev–Trinajstić information content (AvgIpc) is 3.62. The molecule has 2 aliphatic rings. The Balaban J connectivity index is 1.47. The number of likely N-dealkylation sites (tertiary alicyclic amines) is 1. The van der Waals surface area contributed by atoms with E-state index in [1.807, 2.05) is 34.7 Å². The molecule has 0 saturated carbocycles. The van der Waals surface area contributed by atoms with Crippen LogP contribution in [0, 0.1) is 0 Å². The molecule has 0 unspecified atom stereocenters. The van der Waals surface area contributed by atoms with Gasteiger partial charge in [-0.15, -0.1) is 11.3 Å². The van der Waals surface area contributed by atoms with Crippen LogP contribution in [0.4, 0.5) is 5.82 Å². The van der Waals surface area contributed by atoms with Gasteiger partial charge >= 0.3 is 0 Å². The molecule has 2 fully saturated rings. The fourth-order valence-corrected chi connectivity index (χ4v) is 6.68. The van der Waals surface area contributed by atoms with Crippen molar-refractivity contribution in [2.24, 2.45) is 5.73 Å². The normalized spacial score (nSPS) is 17.9. The van der Waals surface area contributed by atoms with E-state index < -0.39 is 18.1 Å². The number of carbonyl (C=O) groups excluding carboxylic acids is 2. The summed E-state index contributed by atoms with van der Waals surface area (Å²) < 4.78 is 1.69. The van der Waals surface area contributed by atoms with Gasteiger partial charge in [-0.05, 0) is 56.4 Å². The molecular formula is C30H36N8O3S. The minimum Gasteiger partial charge on any atom is -0.389 e. The van der Waals surface area contributed by atoms with Crippen LogP contribution >= 0.6 is 11.3 Å². The summed E-state index contributed by atoms with van der Waals surface area (Å²) in [5.41, 5.74) is 9.81. The highest BCUT2D eigenvalue weighted by Gasteiger charge is 2.42. The molecule has 220 valence electrons. The molecule has 12 heteroatoms. The number of aliphatic hydroxyl groups is 1. The molecule has 0 aromatic carbocycles. The molecule has 0 bridgehead atoms. The molecular weight excluding hydrogens is 552 g/mol. The van der Waals surface area contributed by atoms with Crippen molar-refractivity contribution in [3.05, 3.63) is 53.2 Å². The standard InChI is InChI=1S/C30H36N8O3S/c1-4-35(5-2)18(3)13-21-20(27(31)40)14-24(34-28(21)37-10-9-25(37)30(41)36-16-19(39)17-36)22-15-32-38-11-8-23(33-29(22)38)26-7-6-12-42-26/h6-8,11-12,14-15,18-19,25,39H,4-5,9-10,13,16-17H2,1-3H3,(H2,31,40)/t18-,25-/m0/s1. The number of hydrogen-bond acceptors (Lipinski definition) is 9. The molecule has 2 saturated heterocycles. The lowest BCUT2D eigenvalue weighted by Gasteiger charge is -2.47. The van der Waals surface area contributed by atoms with Gasteiger partial charge in [-0.3, -0.25) is 9.59 Å². The minimum atomic E-state index is -0.542. The lowest BCUT2D eigenvalue weighted by atomic mass is 9.93. The first-order valence-corrected chi connectivity index (χ1v) is 15.4.